The van der Waals surface area contributed by atoms with Gasteiger partial charge in [-0.05, 0) is 30.7 Å². The molecule has 1 unspecified atom stereocenters. The van der Waals surface area contributed by atoms with E-state index >= 15 is 0 Å². The van der Waals surface area contributed by atoms with Crippen molar-refractivity contribution >= 4 is 0 Å². The van der Waals surface area contributed by atoms with Crippen LogP contribution in [0.3, 0.4) is 0 Å². The van der Waals surface area contributed by atoms with Crippen LogP contribution in [0, 0.1) is 5.92 Å². The maximum absolute atomic E-state index is 9.25. The van der Waals surface area contributed by atoms with E-state index in [0.29, 0.717) is 5.92 Å². The molecule has 0 heterocycles. The second-order valence-corrected chi connectivity index (χ2v) is 3.87. The van der Waals surface area contributed by atoms with Crippen LogP contribution in [0.15, 0.2) is 30.3 Å². The molecule has 1 N–H and O–H groups in total. The molecule has 0 spiro atoms. The van der Waals surface area contributed by atoms with Crippen LogP contribution in [-0.4, -0.2) is 25.4 Å². The SMILES string of the molecule is COCCCC(CO)Cc1ccccc1. The summed E-state index contributed by atoms with van der Waals surface area (Å²) in [7, 11) is 1.71. The van der Waals surface area contributed by atoms with Crippen molar-refractivity contribution in [3.63, 3.8) is 0 Å². The topological polar surface area (TPSA) is 29.5 Å². The summed E-state index contributed by atoms with van der Waals surface area (Å²) in [5, 5.41) is 9.25. The first-order chi connectivity index (χ1) is 7.36. The lowest BCUT2D eigenvalue weighted by Gasteiger charge is -2.13. The van der Waals surface area contributed by atoms with E-state index in [2.05, 4.69) is 12.1 Å². The summed E-state index contributed by atoms with van der Waals surface area (Å²) in [4.78, 5) is 0. The molecule has 0 bridgehead atoms. The van der Waals surface area contributed by atoms with E-state index in [4.69, 9.17) is 4.74 Å². The van der Waals surface area contributed by atoms with E-state index in [1.807, 2.05) is 18.2 Å². The maximum Gasteiger partial charge on any atom is 0.0462 e. The molecule has 0 fully saturated rings. The number of hydrogen-bond donors (Lipinski definition) is 1. The molecule has 0 aliphatic carbocycles. The number of benzene rings is 1. The quantitative estimate of drug-likeness (QED) is 0.696. The Bertz CT molecular complexity index is 246. The van der Waals surface area contributed by atoms with E-state index in [1.165, 1.54) is 5.56 Å². The lowest BCUT2D eigenvalue weighted by atomic mass is 9.96. The maximum atomic E-state index is 9.25. The largest absolute Gasteiger partial charge is 0.396 e. The molecule has 1 aromatic carbocycles. The molecule has 0 aromatic heterocycles. The van der Waals surface area contributed by atoms with Crippen molar-refractivity contribution in [1.82, 2.24) is 0 Å². The summed E-state index contributed by atoms with van der Waals surface area (Å²) in [5.74, 6) is 0.363. The van der Waals surface area contributed by atoms with Gasteiger partial charge in [0.2, 0.25) is 0 Å². The van der Waals surface area contributed by atoms with E-state index in [1.54, 1.807) is 7.11 Å². The van der Waals surface area contributed by atoms with Crippen LogP contribution in [0.4, 0.5) is 0 Å². The molecule has 84 valence electrons. The van der Waals surface area contributed by atoms with E-state index in [0.717, 1.165) is 25.9 Å². The third-order valence-electron chi connectivity index (χ3n) is 2.59. The Morgan fingerprint density at radius 2 is 2.00 bits per heavy atom. The Labute approximate surface area is 91.9 Å². The summed E-state index contributed by atoms with van der Waals surface area (Å²) in [6, 6.07) is 10.3. The molecular weight excluding hydrogens is 188 g/mol. The highest BCUT2D eigenvalue weighted by molar-refractivity contribution is 5.15. The van der Waals surface area contributed by atoms with E-state index < -0.39 is 0 Å². The Hall–Kier alpha value is -0.860. The Kier molecular flexibility index (Phi) is 6.05. The van der Waals surface area contributed by atoms with Crippen molar-refractivity contribution in [2.45, 2.75) is 19.3 Å². The van der Waals surface area contributed by atoms with Crippen LogP contribution in [0.1, 0.15) is 18.4 Å². The summed E-state index contributed by atoms with van der Waals surface area (Å²) in [5.41, 5.74) is 1.30. The molecule has 0 saturated heterocycles. The molecule has 0 amide bonds. The predicted octanol–water partition coefficient (Wildman–Crippen LogP) is 2.26. The fourth-order valence-electron chi connectivity index (χ4n) is 1.72. The lowest BCUT2D eigenvalue weighted by molar-refractivity contribution is 0.169. The van der Waals surface area contributed by atoms with Crippen LogP contribution in [0.25, 0.3) is 0 Å². The van der Waals surface area contributed by atoms with Crippen LogP contribution < -0.4 is 0 Å². The van der Waals surface area contributed by atoms with Crippen molar-refractivity contribution < 1.29 is 9.84 Å². The molecule has 0 aliphatic rings. The lowest BCUT2D eigenvalue weighted by Crippen LogP contribution is -2.10. The smallest absolute Gasteiger partial charge is 0.0462 e. The Morgan fingerprint density at radius 3 is 2.60 bits per heavy atom. The average molecular weight is 208 g/mol. The van der Waals surface area contributed by atoms with Gasteiger partial charge in [0, 0.05) is 20.3 Å². The van der Waals surface area contributed by atoms with Crippen molar-refractivity contribution in [1.29, 1.82) is 0 Å². The van der Waals surface area contributed by atoms with Crippen LogP contribution >= 0.6 is 0 Å². The normalized spacial score (nSPS) is 12.7. The highest BCUT2D eigenvalue weighted by atomic mass is 16.5. The highest BCUT2D eigenvalue weighted by Crippen LogP contribution is 2.13. The molecule has 15 heavy (non-hydrogen) atoms. The zero-order valence-electron chi connectivity index (χ0n) is 9.36. The highest BCUT2D eigenvalue weighted by Gasteiger charge is 2.07. The first-order valence-corrected chi connectivity index (χ1v) is 5.50. The van der Waals surface area contributed by atoms with Crippen LogP contribution in [0.2, 0.25) is 0 Å². The molecule has 1 atom stereocenters. The number of aliphatic hydroxyl groups is 1. The number of methoxy groups -OCH3 is 1. The minimum atomic E-state index is 0.263. The molecule has 2 nitrogen and oxygen atoms in total. The summed E-state index contributed by atoms with van der Waals surface area (Å²) in [6.45, 7) is 1.05. The van der Waals surface area contributed by atoms with Gasteiger partial charge in [0.15, 0.2) is 0 Å². The summed E-state index contributed by atoms with van der Waals surface area (Å²) >= 11 is 0. The molecular formula is C13H20O2. The van der Waals surface area contributed by atoms with Crippen molar-refractivity contribution in [2.75, 3.05) is 20.3 Å². The van der Waals surface area contributed by atoms with Gasteiger partial charge in [-0.15, -0.1) is 0 Å². The van der Waals surface area contributed by atoms with Gasteiger partial charge >= 0.3 is 0 Å². The van der Waals surface area contributed by atoms with Crippen molar-refractivity contribution in [2.24, 2.45) is 5.92 Å². The van der Waals surface area contributed by atoms with Crippen LogP contribution in [0.5, 0.6) is 0 Å². The molecule has 0 saturated carbocycles. The second kappa shape index (κ2) is 7.43. The van der Waals surface area contributed by atoms with Gasteiger partial charge in [-0.2, -0.15) is 0 Å². The third-order valence-corrected chi connectivity index (χ3v) is 2.59. The standard InChI is InChI=1S/C13H20O2/c1-15-9-5-8-13(11-14)10-12-6-3-2-4-7-12/h2-4,6-7,13-14H,5,8-11H2,1H3. The Morgan fingerprint density at radius 1 is 1.27 bits per heavy atom. The van der Waals surface area contributed by atoms with Gasteiger partial charge in [-0.3, -0.25) is 0 Å². The van der Waals surface area contributed by atoms with Crippen molar-refractivity contribution in [3.8, 4) is 0 Å². The number of aliphatic hydroxyl groups excluding tert-OH is 1. The van der Waals surface area contributed by atoms with Gasteiger partial charge in [0.25, 0.3) is 0 Å². The van der Waals surface area contributed by atoms with Gasteiger partial charge in [0.05, 0.1) is 0 Å². The second-order valence-electron chi connectivity index (χ2n) is 3.87. The first-order valence-electron chi connectivity index (χ1n) is 5.50. The number of rotatable bonds is 7. The van der Waals surface area contributed by atoms with Crippen LogP contribution in [-0.2, 0) is 11.2 Å². The zero-order chi connectivity index (χ0) is 10.9. The third kappa shape index (κ3) is 4.96. The van der Waals surface area contributed by atoms with Gasteiger partial charge < -0.3 is 9.84 Å². The molecule has 2 heteroatoms. The molecule has 1 aromatic rings. The monoisotopic (exact) mass is 208 g/mol. The molecule has 1 rings (SSSR count). The molecule has 0 radical (unpaired) electrons. The fraction of sp³-hybridized carbons (Fsp3) is 0.538. The minimum absolute atomic E-state index is 0.263. The Balaban J connectivity index is 2.33. The summed E-state index contributed by atoms with van der Waals surface area (Å²) in [6.07, 6.45) is 3.01. The average Bonchev–Trinajstić information content (AvgIpc) is 2.29. The van der Waals surface area contributed by atoms with Gasteiger partial charge in [-0.1, -0.05) is 30.3 Å². The minimum Gasteiger partial charge on any atom is -0.396 e. The predicted molar refractivity (Wildman–Crippen MR) is 61.8 cm³/mol. The fourth-order valence-corrected chi connectivity index (χ4v) is 1.72. The first kappa shape index (κ1) is 12.2. The zero-order valence-corrected chi connectivity index (χ0v) is 9.36. The molecule has 0 aliphatic heterocycles. The summed E-state index contributed by atoms with van der Waals surface area (Å²) < 4.78 is 5.01. The van der Waals surface area contributed by atoms with Gasteiger partial charge in [0.1, 0.15) is 0 Å². The number of hydrogen-bond acceptors (Lipinski definition) is 2. The van der Waals surface area contributed by atoms with E-state index in [-0.39, 0.29) is 6.61 Å². The van der Waals surface area contributed by atoms with Crippen molar-refractivity contribution in [3.05, 3.63) is 35.9 Å². The number of ether oxygens (including phenoxy) is 1. The van der Waals surface area contributed by atoms with Gasteiger partial charge in [-0.25, -0.2) is 0 Å². The van der Waals surface area contributed by atoms with E-state index in [9.17, 15) is 5.11 Å².